The minimum atomic E-state index is -0.410. The number of fused-ring (bicyclic) bond motifs is 1. The molecule has 1 heterocycles. The molecule has 1 unspecified atom stereocenters. The Morgan fingerprint density at radius 3 is 2.66 bits per heavy atom. The number of amides is 1. The monoisotopic (exact) mass is 410 g/mol. The molecular formula is C22H19ClN2O4. The molecule has 2 aromatic carbocycles. The maximum Gasteiger partial charge on any atom is 0.258 e. The van der Waals surface area contributed by atoms with Gasteiger partial charge in [-0.2, -0.15) is 5.10 Å². The summed E-state index contributed by atoms with van der Waals surface area (Å²) >= 11 is 5.78. The van der Waals surface area contributed by atoms with E-state index in [2.05, 4.69) is 5.10 Å². The Labute approximate surface area is 173 Å². The number of alkyl halides is 1. The molecule has 2 aliphatic rings. The molecule has 0 bridgehead atoms. The molecule has 0 spiro atoms. The Hall–Kier alpha value is -3.12. The lowest BCUT2D eigenvalue weighted by molar-refractivity contribution is -0.130. The largest absolute Gasteiger partial charge is 0.506 e. The van der Waals surface area contributed by atoms with Crippen LogP contribution < -0.4 is 4.74 Å². The number of allylic oxidation sites excluding steroid dienone is 1. The molecule has 1 N–H and O–H groups in total. The number of hydrogen-bond donors (Lipinski definition) is 1. The van der Waals surface area contributed by atoms with Crippen LogP contribution in [0.5, 0.6) is 5.75 Å². The Morgan fingerprint density at radius 2 is 1.97 bits per heavy atom. The first-order chi connectivity index (χ1) is 14.0. The van der Waals surface area contributed by atoms with Crippen molar-refractivity contribution in [1.29, 1.82) is 0 Å². The lowest BCUT2D eigenvalue weighted by atomic mass is 9.85. The van der Waals surface area contributed by atoms with Crippen LogP contribution in [-0.4, -0.2) is 40.5 Å². The minimum absolute atomic E-state index is 0.0933. The third kappa shape index (κ3) is 3.40. The summed E-state index contributed by atoms with van der Waals surface area (Å²) in [6, 6.07) is 14.1. The summed E-state index contributed by atoms with van der Waals surface area (Å²) in [6.07, 6.45) is 0.494. The number of aliphatic hydroxyl groups is 1. The number of carbonyl (C=O) groups is 2. The molecule has 29 heavy (non-hydrogen) atoms. The first-order valence-electron chi connectivity index (χ1n) is 9.18. The van der Waals surface area contributed by atoms with Crippen molar-refractivity contribution in [3.63, 3.8) is 0 Å². The van der Waals surface area contributed by atoms with E-state index in [9.17, 15) is 14.7 Å². The summed E-state index contributed by atoms with van der Waals surface area (Å²) in [7, 11) is 1.58. The molecule has 0 aromatic heterocycles. The number of hydrogen-bond acceptors (Lipinski definition) is 5. The standard InChI is InChI=1S/C22H19ClN2O4/c1-29-15-8-6-13(7-9-15)18-11-17(24-25(18)20(27)12-23)21-19(26)10-14-4-2-3-5-16(14)22(21)28/h2-9,18,28H,10-12H2,1H3. The number of methoxy groups -OCH3 is 1. The normalized spacial score (nSPS) is 18.6. The highest BCUT2D eigenvalue weighted by Gasteiger charge is 2.38. The van der Waals surface area contributed by atoms with Gasteiger partial charge in [-0.1, -0.05) is 36.4 Å². The van der Waals surface area contributed by atoms with Gasteiger partial charge in [0.05, 0.1) is 24.4 Å². The number of Topliss-reactive ketones (excluding diaryl/α,β-unsaturated/α-hetero) is 1. The van der Waals surface area contributed by atoms with E-state index in [1.165, 1.54) is 5.01 Å². The molecule has 1 aliphatic heterocycles. The summed E-state index contributed by atoms with van der Waals surface area (Å²) in [4.78, 5) is 25.2. The Balaban J connectivity index is 1.74. The fourth-order valence-electron chi connectivity index (χ4n) is 3.77. The third-order valence-electron chi connectivity index (χ3n) is 5.21. The predicted molar refractivity (Wildman–Crippen MR) is 110 cm³/mol. The summed E-state index contributed by atoms with van der Waals surface area (Å²) in [5.74, 6) is -0.211. The number of aliphatic hydroxyl groups excluding tert-OH is 1. The minimum Gasteiger partial charge on any atom is -0.506 e. The number of ketones is 1. The number of nitrogens with zero attached hydrogens (tertiary/aromatic N) is 2. The molecule has 1 amide bonds. The molecule has 1 atom stereocenters. The van der Waals surface area contributed by atoms with Crippen molar-refractivity contribution in [3.05, 3.63) is 70.8 Å². The molecule has 2 aromatic rings. The predicted octanol–water partition coefficient (Wildman–Crippen LogP) is 3.66. The van der Waals surface area contributed by atoms with Crippen LogP contribution in [0, 0.1) is 0 Å². The lowest BCUT2D eigenvalue weighted by Gasteiger charge is -2.21. The van der Waals surface area contributed by atoms with Gasteiger partial charge in [0.2, 0.25) is 0 Å². The lowest BCUT2D eigenvalue weighted by Crippen LogP contribution is -2.27. The summed E-state index contributed by atoms with van der Waals surface area (Å²) < 4.78 is 5.19. The average molecular weight is 411 g/mol. The van der Waals surface area contributed by atoms with Crippen molar-refractivity contribution in [2.75, 3.05) is 13.0 Å². The van der Waals surface area contributed by atoms with Gasteiger partial charge in [0.25, 0.3) is 5.91 Å². The third-order valence-corrected chi connectivity index (χ3v) is 5.44. The van der Waals surface area contributed by atoms with E-state index >= 15 is 0 Å². The highest BCUT2D eigenvalue weighted by Crippen LogP contribution is 2.37. The van der Waals surface area contributed by atoms with Crippen LogP contribution in [0.1, 0.15) is 29.2 Å². The van der Waals surface area contributed by atoms with Crippen molar-refractivity contribution in [1.82, 2.24) is 5.01 Å². The number of carbonyl (C=O) groups excluding carboxylic acids is 2. The van der Waals surface area contributed by atoms with Crippen LogP contribution in [0.3, 0.4) is 0 Å². The maximum atomic E-state index is 12.8. The van der Waals surface area contributed by atoms with Crippen LogP contribution in [-0.2, 0) is 16.0 Å². The second kappa shape index (κ2) is 7.72. The van der Waals surface area contributed by atoms with E-state index in [1.54, 1.807) is 25.3 Å². The molecule has 7 heteroatoms. The second-order valence-corrected chi connectivity index (χ2v) is 7.16. The molecule has 6 nitrogen and oxygen atoms in total. The van der Waals surface area contributed by atoms with Gasteiger partial charge in [0, 0.05) is 18.4 Å². The number of rotatable bonds is 4. The molecule has 0 fully saturated rings. The molecule has 4 rings (SSSR count). The maximum absolute atomic E-state index is 12.8. The van der Waals surface area contributed by atoms with E-state index < -0.39 is 6.04 Å². The van der Waals surface area contributed by atoms with Crippen LogP contribution in [0.15, 0.2) is 59.2 Å². The van der Waals surface area contributed by atoms with Gasteiger partial charge >= 0.3 is 0 Å². The molecule has 0 radical (unpaired) electrons. The number of benzene rings is 2. The molecule has 148 valence electrons. The zero-order valence-electron chi connectivity index (χ0n) is 15.8. The SMILES string of the molecule is COc1ccc(C2CC(C3=C(O)c4ccccc4CC3=O)=NN2C(=O)CCl)cc1. The Bertz CT molecular complexity index is 1040. The van der Waals surface area contributed by atoms with E-state index in [0.29, 0.717) is 23.4 Å². The van der Waals surface area contributed by atoms with Crippen molar-refractivity contribution >= 4 is 34.8 Å². The smallest absolute Gasteiger partial charge is 0.258 e. The van der Waals surface area contributed by atoms with Gasteiger partial charge in [-0.15, -0.1) is 11.6 Å². The highest BCUT2D eigenvalue weighted by molar-refractivity contribution is 6.30. The van der Waals surface area contributed by atoms with E-state index in [-0.39, 0.29) is 35.3 Å². The van der Waals surface area contributed by atoms with Gasteiger partial charge in [-0.05, 0) is 23.3 Å². The highest BCUT2D eigenvalue weighted by atomic mass is 35.5. The fraction of sp³-hybridized carbons (Fsp3) is 0.227. The topological polar surface area (TPSA) is 79.2 Å². The average Bonchev–Trinajstić information content (AvgIpc) is 3.18. The molecule has 0 saturated carbocycles. The van der Waals surface area contributed by atoms with Crippen molar-refractivity contribution in [2.45, 2.75) is 18.9 Å². The Morgan fingerprint density at radius 1 is 1.24 bits per heavy atom. The zero-order valence-corrected chi connectivity index (χ0v) is 16.5. The summed E-state index contributed by atoms with van der Waals surface area (Å²) in [5.41, 5.74) is 2.80. The van der Waals surface area contributed by atoms with Crippen LogP contribution in [0.4, 0.5) is 0 Å². The van der Waals surface area contributed by atoms with E-state index in [4.69, 9.17) is 16.3 Å². The van der Waals surface area contributed by atoms with Gasteiger partial charge in [-0.25, -0.2) is 5.01 Å². The number of hydrazone groups is 1. The van der Waals surface area contributed by atoms with Gasteiger partial charge in [-0.3, -0.25) is 9.59 Å². The quantitative estimate of drug-likeness (QED) is 0.780. The first kappa shape index (κ1) is 19.2. The van der Waals surface area contributed by atoms with Crippen LogP contribution >= 0.6 is 11.6 Å². The number of ether oxygens (including phenoxy) is 1. The van der Waals surface area contributed by atoms with Gasteiger partial charge < -0.3 is 9.84 Å². The second-order valence-electron chi connectivity index (χ2n) is 6.89. The summed E-state index contributed by atoms with van der Waals surface area (Å²) in [6.45, 7) is 0. The number of halogens is 1. The van der Waals surface area contributed by atoms with Crippen molar-refractivity contribution in [2.24, 2.45) is 5.10 Å². The molecule has 1 aliphatic carbocycles. The van der Waals surface area contributed by atoms with Crippen LogP contribution in [0.25, 0.3) is 5.76 Å². The molecule has 0 saturated heterocycles. The van der Waals surface area contributed by atoms with Crippen LogP contribution in [0.2, 0.25) is 0 Å². The van der Waals surface area contributed by atoms with Crippen molar-refractivity contribution < 1.29 is 19.4 Å². The van der Waals surface area contributed by atoms with Gasteiger partial charge in [0.15, 0.2) is 5.78 Å². The van der Waals surface area contributed by atoms with Gasteiger partial charge in [0.1, 0.15) is 17.4 Å². The summed E-state index contributed by atoms with van der Waals surface area (Å²) in [5, 5.41) is 16.5. The van der Waals surface area contributed by atoms with E-state index in [0.717, 1.165) is 11.1 Å². The Kier molecular flexibility index (Phi) is 5.11. The fourth-order valence-corrected chi connectivity index (χ4v) is 3.89. The zero-order chi connectivity index (χ0) is 20.5. The molecular weight excluding hydrogens is 392 g/mol. The van der Waals surface area contributed by atoms with Crippen molar-refractivity contribution in [3.8, 4) is 5.75 Å². The first-order valence-corrected chi connectivity index (χ1v) is 9.71. The van der Waals surface area contributed by atoms with E-state index in [1.807, 2.05) is 30.3 Å².